The van der Waals surface area contributed by atoms with Crippen molar-refractivity contribution in [2.24, 2.45) is 5.84 Å². The van der Waals surface area contributed by atoms with Crippen molar-refractivity contribution in [2.75, 3.05) is 0 Å². The van der Waals surface area contributed by atoms with Crippen LogP contribution in [0.1, 0.15) is 30.6 Å². The summed E-state index contributed by atoms with van der Waals surface area (Å²) in [6.07, 6.45) is 3.01. The van der Waals surface area contributed by atoms with E-state index in [9.17, 15) is 4.39 Å². The van der Waals surface area contributed by atoms with E-state index in [1.807, 2.05) is 4.68 Å². The molecule has 0 radical (unpaired) electrons. The summed E-state index contributed by atoms with van der Waals surface area (Å²) >= 11 is 9.56. The van der Waals surface area contributed by atoms with E-state index in [4.69, 9.17) is 17.4 Å². The van der Waals surface area contributed by atoms with Crippen LogP contribution in [0.4, 0.5) is 4.39 Å². The van der Waals surface area contributed by atoms with Crippen LogP contribution >= 0.6 is 27.5 Å². The third-order valence-corrected chi connectivity index (χ3v) is 4.23. The Morgan fingerprint density at radius 2 is 2.29 bits per heavy atom. The number of hydrogen-bond acceptors (Lipinski definition) is 3. The number of nitrogens with two attached hydrogens (primary N) is 1. The normalized spacial score (nSPS) is 12.6. The van der Waals surface area contributed by atoms with Crippen molar-refractivity contribution >= 4 is 27.5 Å². The minimum Gasteiger partial charge on any atom is -0.271 e. The van der Waals surface area contributed by atoms with Gasteiger partial charge in [0.05, 0.1) is 22.4 Å². The van der Waals surface area contributed by atoms with Crippen molar-refractivity contribution in [3.05, 3.63) is 51.0 Å². The van der Waals surface area contributed by atoms with Crippen molar-refractivity contribution < 1.29 is 4.39 Å². The predicted molar refractivity (Wildman–Crippen MR) is 85.4 cm³/mol. The highest BCUT2D eigenvalue weighted by Gasteiger charge is 2.21. The largest absolute Gasteiger partial charge is 0.271 e. The highest BCUT2D eigenvalue weighted by molar-refractivity contribution is 9.10. The van der Waals surface area contributed by atoms with Crippen LogP contribution in [0, 0.1) is 5.82 Å². The Morgan fingerprint density at radius 3 is 2.90 bits per heavy atom. The van der Waals surface area contributed by atoms with E-state index in [0.29, 0.717) is 17.0 Å². The summed E-state index contributed by atoms with van der Waals surface area (Å²) in [6, 6.07) is 4.37. The first-order valence-corrected chi connectivity index (χ1v) is 7.85. The Labute approximate surface area is 136 Å². The molecule has 1 unspecified atom stereocenters. The minimum atomic E-state index is -0.333. The van der Waals surface area contributed by atoms with E-state index in [-0.39, 0.29) is 11.9 Å². The van der Waals surface area contributed by atoms with Crippen LogP contribution < -0.4 is 11.3 Å². The van der Waals surface area contributed by atoms with E-state index >= 15 is 0 Å². The first-order valence-electron chi connectivity index (χ1n) is 6.68. The summed E-state index contributed by atoms with van der Waals surface area (Å²) < 4.78 is 16.7. The summed E-state index contributed by atoms with van der Waals surface area (Å²) in [4.78, 5) is 0. The molecule has 0 spiro atoms. The molecule has 1 heterocycles. The number of nitrogens with one attached hydrogen (secondary N) is 1. The monoisotopic (exact) mass is 374 g/mol. The molecule has 0 aliphatic rings. The van der Waals surface area contributed by atoms with Crippen LogP contribution in [-0.4, -0.2) is 9.78 Å². The molecule has 1 aromatic carbocycles. The Morgan fingerprint density at radius 1 is 1.52 bits per heavy atom. The molecule has 0 bridgehead atoms. The van der Waals surface area contributed by atoms with Crippen LogP contribution in [0.15, 0.2) is 28.9 Å². The zero-order chi connectivity index (χ0) is 15.4. The fourth-order valence-electron chi connectivity index (χ4n) is 2.27. The van der Waals surface area contributed by atoms with E-state index in [0.717, 1.165) is 23.1 Å². The average Bonchev–Trinajstić information content (AvgIpc) is 2.81. The van der Waals surface area contributed by atoms with Crippen molar-refractivity contribution in [1.82, 2.24) is 15.2 Å². The van der Waals surface area contributed by atoms with Gasteiger partial charge < -0.3 is 0 Å². The van der Waals surface area contributed by atoms with Gasteiger partial charge in [-0.15, -0.1) is 0 Å². The molecule has 1 aromatic heterocycles. The van der Waals surface area contributed by atoms with Crippen LogP contribution in [-0.2, 0) is 13.0 Å². The van der Waals surface area contributed by atoms with Gasteiger partial charge in [-0.25, -0.2) is 4.39 Å². The summed E-state index contributed by atoms with van der Waals surface area (Å²) in [6.45, 7) is 2.84. The molecule has 2 rings (SSSR count). The number of hydrazine groups is 1. The standard InChI is InChI=1S/C14H17BrClFN4/c1-2-6-21-14(10(15)8-19-21)13(20-18)7-9-11(16)4-3-5-12(9)17/h3-5,8,13,20H,2,6-7,18H2,1H3. The summed E-state index contributed by atoms with van der Waals surface area (Å²) in [5.41, 5.74) is 4.06. The Hall–Kier alpha value is -0.950. The number of benzene rings is 1. The Bertz CT molecular complexity index is 597. The van der Waals surface area contributed by atoms with Gasteiger partial charge in [0.15, 0.2) is 0 Å². The van der Waals surface area contributed by atoms with Crippen molar-refractivity contribution in [3.63, 3.8) is 0 Å². The molecule has 4 nitrogen and oxygen atoms in total. The second kappa shape index (κ2) is 7.35. The Balaban J connectivity index is 2.35. The molecule has 0 saturated heterocycles. The molecule has 0 fully saturated rings. The smallest absolute Gasteiger partial charge is 0.127 e. The van der Waals surface area contributed by atoms with E-state index < -0.39 is 0 Å². The van der Waals surface area contributed by atoms with E-state index in [1.54, 1.807) is 18.3 Å². The number of halogens is 3. The highest BCUT2D eigenvalue weighted by atomic mass is 79.9. The predicted octanol–water partition coefficient (Wildman–Crippen LogP) is 3.60. The van der Waals surface area contributed by atoms with Gasteiger partial charge in [-0.3, -0.25) is 16.0 Å². The maximum atomic E-state index is 14.0. The van der Waals surface area contributed by atoms with Crippen molar-refractivity contribution in [2.45, 2.75) is 32.4 Å². The van der Waals surface area contributed by atoms with Gasteiger partial charge in [-0.2, -0.15) is 5.10 Å². The fourth-order valence-corrected chi connectivity index (χ4v) is 3.09. The lowest BCUT2D eigenvalue weighted by atomic mass is 10.0. The maximum absolute atomic E-state index is 14.0. The Kier molecular flexibility index (Phi) is 5.75. The molecule has 1 atom stereocenters. The van der Waals surface area contributed by atoms with Crippen LogP contribution in [0.3, 0.4) is 0 Å². The van der Waals surface area contributed by atoms with Gasteiger partial charge in [0.1, 0.15) is 5.82 Å². The molecule has 114 valence electrons. The van der Waals surface area contributed by atoms with Gasteiger partial charge in [0, 0.05) is 17.1 Å². The second-order valence-electron chi connectivity index (χ2n) is 4.72. The SMILES string of the molecule is CCCn1ncc(Br)c1C(Cc1c(F)cccc1Cl)NN. The van der Waals surface area contributed by atoms with Gasteiger partial charge in [-0.1, -0.05) is 24.6 Å². The van der Waals surface area contributed by atoms with Gasteiger partial charge in [0.25, 0.3) is 0 Å². The first kappa shape index (κ1) is 16.4. The zero-order valence-corrected chi connectivity index (χ0v) is 14.0. The summed E-state index contributed by atoms with van der Waals surface area (Å²) in [5, 5.41) is 4.70. The van der Waals surface area contributed by atoms with Gasteiger partial charge in [0.2, 0.25) is 0 Å². The molecule has 0 aliphatic carbocycles. The average molecular weight is 376 g/mol. The van der Waals surface area contributed by atoms with Gasteiger partial charge in [-0.05, 0) is 40.9 Å². The first-order chi connectivity index (χ1) is 10.1. The molecule has 7 heteroatoms. The molecule has 0 aliphatic heterocycles. The van der Waals surface area contributed by atoms with Crippen LogP contribution in [0.2, 0.25) is 5.02 Å². The van der Waals surface area contributed by atoms with Crippen LogP contribution in [0.25, 0.3) is 0 Å². The van der Waals surface area contributed by atoms with E-state index in [2.05, 4.69) is 33.4 Å². The number of hydrogen-bond donors (Lipinski definition) is 2. The molecular formula is C14H17BrClFN4. The molecule has 21 heavy (non-hydrogen) atoms. The molecule has 3 N–H and O–H groups in total. The topological polar surface area (TPSA) is 55.9 Å². The molecule has 2 aromatic rings. The fraction of sp³-hybridized carbons (Fsp3) is 0.357. The number of aryl methyl sites for hydroxylation is 1. The van der Waals surface area contributed by atoms with Crippen LogP contribution in [0.5, 0.6) is 0 Å². The van der Waals surface area contributed by atoms with Gasteiger partial charge >= 0.3 is 0 Å². The number of nitrogens with zero attached hydrogens (tertiary/aromatic N) is 2. The van der Waals surface area contributed by atoms with E-state index in [1.165, 1.54) is 6.07 Å². The summed E-state index contributed by atoms with van der Waals surface area (Å²) in [7, 11) is 0. The highest BCUT2D eigenvalue weighted by Crippen LogP contribution is 2.29. The van der Waals surface area contributed by atoms with Crippen molar-refractivity contribution in [1.29, 1.82) is 0 Å². The minimum absolute atomic E-state index is 0.289. The summed E-state index contributed by atoms with van der Waals surface area (Å²) in [5.74, 6) is 5.34. The third kappa shape index (κ3) is 3.63. The molecule has 0 saturated carbocycles. The lowest BCUT2D eigenvalue weighted by molar-refractivity contribution is 0.469. The number of aromatic nitrogens is 2. The zero-order valence-electron chi connectivity index (χ0n) is 11.6. The third-order valence-electron chi connectivity index (χ3n) is 3.27. The quantitative estimate of drug-likeness (QED) is 0.599. The second-order valence-corrected chi connectivity index (χ2v) is 5.99. The van der Waals surface area contributed by atoms with Crippen molar-refractivity contribution in [3.8, 4) is 0 Å². The maximum Gasteiger partial charge on any atom is 0.127 e. The lowest BCUT2D eigenvalue weighted by Crippen LogP contribution is -2.32. The number of rotatable bonds is 6. The molecular weight excluding hydrogens is 359 g/mol. The molecule has 0 amide bonds. The lowest BCUT2D eigenvalue weighted by Gasteiger charge is -2.19.